The van der Waals surface area contributed by atoms with Crippen molar-refractivity contribution < 1.29 is 4.74 Å². The highest BCUT2D eigenvalue weighted by Gasteiger charge is 2.05. The first-order valence-corrected chi connectivity index (χ1v) is 9.48. The first kappa shape index (κ1) is 25.1. The molecule has 2 N–H and O–H groups in total. The molecule has 0 aliphatic rings. The summed E-state index contributed by atoms with van der Waals surface area (Å²) in [6.45, 7) is 13.2. The van der Waals surface area contributed by atoms with Crippen LogP contribution >= 0.6 is 24.0 Å². The van der Waals surface area contributed by atoms with Crippen molar-refractivity contribution in [1.82, 2.24) is 15.5 Å². The van der Waals surface area contributed by atoms with Gasteiger partial charge in [0.25, 0.3) is 0 Å². The second-order valence-corrected chi connectivity index (χ2v) is 6.37. The van der Waals surface area contributed by atoms with E-state index in [2.05, 4.69) is 53.4 Å². The lowest BCUT2D eigenvalue weighted by Gasteiger charge is -2.19. The highest BCUT2D eigenvalue weighted by molar-refractivity contribution is 14.0. The monoisotopic (exact) mass is 476 g/mol. The van der Waals surface area contributed by atoms with Gasteiger partial charge < -0.3 is 20.3 Å². The third kappa shape index (κ3) is 11.7. The Labute approximate surface area is 177 Å². The number of hydrogen-bond donors (Lipinski definition) is 2. The molecule has 1 rings (SSSR count). The number of benzene rings is 1. The molecule has 1 aromatic carbocycles. The highest BCUT2D eigenvalue weighted by Crippen LogP contribution is 2.02. The molecule has 0 spiro atoms. The van der Waals surface area contributed by atoms with Crippen molar-refractivity contribution in [2.24, 2.45) is 10.9 Å². The van der Waals surface area contributed by atoms with Crippen LogP contribution < -0.4 is 10.6 Å². The molecule has 0 saturated carbocycles. The molecule has 0 radical (unpaired) electrons. The smallest absolute Gasteiger partial charge is 0.190 e. The second-order valence-electron chi connectivity index (χ2n) is 6.37. The van der Waals surface area contributed by atoms with Gasteiger partial charge in [0.15, 0.2) is 5.96 Å². The van der Waals surface area contributed by atoms with Gasteiger partial charge in [0, 0.05) is 20.1 Å². The van der Waals surface area contributed by atoms with Gasteiger partial charge in [-0.2, -0.15) is 0 Å². The summed E-state index contributed by atoms with van der Waals surface area (Å²) in [5.41, 5.74) is 1.22. The van der Waals surface area contributed by atoms with Crippen molar-refractivity contribution in [2.45, 2.75) is 33.8 Å². The summed E-state index contributed by atoms with van der Waals surface area (Å²) in [5, 5.41) is 6.76. The maximum absolute atomic E-state index is 5.79. The molecule has 0 aromatic heterocycles. The molecular weight excluding hydrogens is 439 g/mol. The molecule has 6 heteroatoms. The number of halogens is 1. The summed E-state index contributed by atoms with van der Waals surface area (Å²) in [6.07, 6.45) is 1.12. The van der Waals surface area contributed by atoms with Crippen molar-refractivity contribution >= 4 is 29.9 Å². The number of rotatable bonds is 12. The topological polar surface area (TPSA) is 48.9 Å². The van der Waals surface area contributed by atoms with E-state index in [1.165, 1.54) is 5.56 Å². The SMILES string of the molecule is CCN(CC)CCCNC(=NC)NCC(C)COCc1ccccc1.I. The van der Waals surface area contributed by atoms with Crippen molar-refractivity contribution in [3.63, 3.8) is 0 Å². The normalized spacial score (nSPS) is 12.6. The molecule has 1 unspecified atom stereocenters. The van der Waals surface area contributed by atoms with E-state index in [1.54, 1.807) is 0 Å². The standard InChI is InChI=1S/C20H36N4O.HI/c1-5-24(6-2)14-10-13-22-20(21-4)23-15-18(3)16-25-17-19-11-8-7-9-12-19;/h7-9,11-12,18H,5-6,10,13-17H2,1-4H3,(H2,21,22,23);1H. The lowest BCUT2D eigenvalue weighted by molar-refractivity contribution is 0.0931. The molecule has 0 aliphatic carbocycles. The summed E-state index contributed by atoms with van der Waals surface area (Å²) < 4.78 is 5.79. The zero-order valence-electron chi connectivity index (χ0n) is 16.8. The lowest BCUT2D eigenvalue weighted by atomic mass is 10.2. The Hall–Kier alpha value is -0.860. The Kier molecular flexibility index (Phi) is 15.8. The van der Waals surface area contributed by atoms with Crippen LogP contribution in [0.15, 0.2) is 35.3 Å². The quantitative estimate of drug-likeness (QED) is 0.210. The highest BCUT2D eigenvalue weighted by atomic mass is 127. The third-order valence-corrected chi connectivity index (χ3v) is 4.19. The van der Waals surface area contributed by atoms with Crippen molar-refractivity contribution in [3.05, 3.63) is 35.9 Å². The van der Waals surface area contributed by atoms with Gasteiger partial charge >= 0.3 is 0 Å². The Morgan fingerprint density at radius 3 is 2.46 bits per heavy atom. The van der Waals surface area contributed by atoms with Crippen molar-refractivity contribution in [3.8, 4) is 0 Å². The number of guanidine groups is 1. The fourth-order valence-corrected chi connectivity index (χ4v) is 2.55. The minimum absolute atomic E-state index is 0. The summed E-state index contributed by atoms with van der Waals surface area (Å²) >= 11 is 0. The molecule has 5 nitrogen and oxygen atoms in total. The average molecular weight is 476 g/mol. The summed E-state index contributed by atoms with van der Waals surface area (Å²) in [7, 11) is 1.82. The zero-order chi connectivity index (χ0) is 18.3. The van der Waals surface area contributed by atoms with Crippen molar-refractivity contribution in [2.75, 3.05) is 46.4 Å². The second kappa shape index (κ2) is 16.3. The summed E-state index contributed by atoms with van der Waals surface area (Å²) in [4.78, 5) is 6.72. The van der Waals surface area contributed by atoms with Gasteiger partial charge in [0.05, 0.1) is 13.2 Å². The number of ether oxygens (including phenoxy) is 1. The Bertz CT molecular complexity index is 466. The molecule has 0 saturated heterocycles. The van der Waals surface area contributed by atoms with E-state index in [0.717, 1.165) is 51.7 Å². The van der Waals surface area contributed by atoms with E-state index in [-0.39, 0.29) is 24.0 Å². The van der Waals surface area contributed by atoms with Gasteiger partial charge in [0.2, 0.25) is 0 Å². The van der Waals surface area contributed by atoms with E-state index in [0.29, 0.717) is 12.5 Å². The van der Waals surface area contributed by atoms with Gasteiger partial charge in [-0.05, 0) is 37.5 Å². The van der Waals surface area contributed by atoms with Crippen LogP contribution in [0.3, 0.4) is 0 Å². The van der Waals surface area contributed by atoms with Crippen LogP contribution in [-0.2, 0) is 11.3 Å². The third-order valence-electron chi connectivity index (χ3n) is 4.19. The maximum atomic E-state index is 5.79. The molecule has 0 heterocycles. The predicted octanol–water partition coefficient (Wildman–Crippen LogP) is 3.35. The van der Waals surface area contributed by atoms with Crippen LogP contribution in [0.5, 0.6) is 0 Å². The first-order valence-electron chi connectivity index (χ1n) is 9.48. The molecule has 1 aromatic rings. The van der Waals surface area contributed by atoms with Gasteiger partial charge in [-0.1, -0.05) is 51.1 Å². The molecule has 0 bridgehead atoms. The zero-order valence-corrected chi connectivity index (χ0v) is 19.2. The summed E-state index contributed by atoms with van der Waals surface area (Å²) in [6, 6.07) is 10.3. The number of aliphatic imine (C=N–C) groups is 1. The van der Waals surface area contributed by atoms with Crippen LogP contribution in [0.1, 0.15) is 32.8 Å². The number of hydrogen-bond acceptors (Lipinski definition) is 3. The number of nitrogens with one attached hydrogen (secondary N) is 2. The van der Waals surface area contributed by atoms with Gasteiger partial charge in [0.1, 0.15) is 0 Å². The first-order chi connectivity index (χ1) is 12.2. The van der Waals surface area contributed by atoms with Gasteiger partial charge in [-0.25, -0.2) is 0 Å². The minimum atomic E-state index is 0. The Balaban J connectivity index is 0.00000625. The van der Waals surface area contributed by atoms with Gasteiger partial charge in [-0.3, -0.25) is 4.99 Å². The predicted molar refractivity (Wildman–Crippen MR) is 122 cm³/mol. The molecule has 26 heavy (non-hydrogen) atoms. The maximum Gasteiger partial charge on any atom is 0.190 e. The molecule has 1 atom stereocenters. The molecular formula is C20H37IN4O. The summed E-state index contributed by atoms with van der Waals surface area (Å²) in [5.74, 6) is 1.30. The minimum Gasteiger partial charge on any atom is -0.376 e. The molecule has 0 amide bonds. The van der Waals surface area contributed by atoms with Crippen LogP contribution in [0.4, 0.5) is 0 Å². The van der Waals surface area contributed by atoms with Crippen LogP contribution in [-0.4, -0.2) is 57.2 Å². The average Bonchev–Trinajstić information content (AvgIpc) is 2.65. The fourth-order valence-electron chi connectivity index (χ4n) is 2.55. The van der Waals surface area contributed by atoms with E-state index in [1.807, 2.05) is 25.2 Å². The largest absolute Gasteiger partial charge is 0.376 e. The fraction of sp³-hybridized carbons (Fsp3) is 0.650. The molecule has 0 fully saturated rings. The van der Waals surface area contributed by atoms with Crippen molar-refractivity contribution in [1.29, 1.82) is 0 Å². The Morgan fingerprint density at radius 2 is 1.85 bits per heavy atom. The van der Waals surface area contributed by atoms with E-state index in [9.17, 15) is 0 Å². The van der Waals surface area contributed by atoms with Gasteiger partial charge in [-0.15, -0.1) is 24.0 Å². The van der Waals surface area contributed by atoms with E-state index >= 15 is 0 Å². The Morgan fingerprint density at radius 1 is 1.15 bits per heavy atom. The van der Waals surface area contributed by atoms with Crippen LogP contribution in [0, 0.1) is 5.92 Å². The molecule has 0 aliphatic heterocycles. The molecule has 150 valence electrons. The van der Waals surface area contributed by atoms with Crippen LogP contribution in [0.2, 0.25) is 0 Å². The van der Waals surface area contributed by atoms with E-state index < -0.39 is 0 Å². The van der Waals surface area contributed by atoms with Crippen LogP contribution in [0.25, 0.3) is 0 Å². The number of nitrogens with zero attached hydrogens (tertiary/aromatic N) is 2. The lowest BCUT2D eigenvalue weighted by Crippen LogP contribution is -2.41. The van der Waals surface area contributed by atoms with E-state index in [4.69, 9.17) is 4.74 Å².